The van der Waals surface area contributed by atoms with Crippen LogP contribution in [0, 0.1) is 0 Å². The highest BCUT2D eigenvalue weighted by atomic mass is 35.5. The number of nitrogens with zero attached hydrogens (tertiary/aromatic N) is 8. The smallest absolute Gasteiger partial charge is 0.369 e. The Balaban J connectivity index is 1.37. The normalized spacial score (nSPS) is 17.4. The third kappa shape index (κ3) is 9.20. The molecule has 304 valence electrons. The largest absolute Gasteiger partial charge is 0.436 e. The number of carbonyl (C=O) groups is 1. The Kier molecular flexibility index (Phi) is 13.1. The van der Waals surface area contributed by atoms with Gasteiger partial charge in [0.15, 0.2) is 17.2 Å². The number of aromatic nitrogens is 4. The molecule has 0 aliphatic carbocycles. The molecule has 2 atom stereocenters. The molecule has 2 aliphatic heterocycles. The van der Waals surface area contributed by atoms with Gasteiger partial charge in [-0.25, -0.2) is 0 Å². The first-order valence-corrected chi connectivity index (χ1v) is 19.1. The van der Waals surface area contributed by atoms with E-state index in [-0.39, 0.29) is 24.5 Å². The van der Waals surface area contributed by atoms with Crippen molar-refractivity contribution >= 4 is 63.6 Å². The lowest BCUT2D eigenvalue weighted by molar-refractivity contribution is -0.142. The van der Waals surface area contributed by atoms with E-state index in [4.69, 9.17) is 57.9 Å². The second-order valence-corrected chi connectivity index (χ2v) is 15.0. The monoisotopic (exact) mass is 868 g/mol. The minimum Gasteiger partial charge on any atom is -0.369 e. The molecule has 11 nitrogen and oxygen atoms in total. The van der Waals surface area contributed by atoms with E-state index in [0.29, 0.717) is 62.4 Å². The zero-order valence-corrected chi connectivity index (χ0v) is 32.7. The van der Waals surface area contributed by atoms with E-state index < -0.39 is 64.7 Å². The Morgan fingerprint density at radius 1 is 0.589 bits per heavy atom. The van der Waals surface area contributed by atoms with E-state index in [1.807, 2.05) is 34.1 Å². The molecule has 4 heterocycles. The van der Waals surface area contributed by atoms with Crippen LogP contribution in [0.25, 0.3) is 0 Å². The van der Waals surface area contributed by atoms with Crippen molar-refractivity contribution in [3.8, 4) is 0 Å². The molecule has 2 aromatic carbocycles. The van der Waals surface area contributed by atoms with Gasteiger partial charge in [-0.05, 0) is 48.5 Å². The molecule has 0 bridgehead atoms. The van der Waals surface area contributed by atoms with Crippen LogP contribution in [0.15, 0.2) is 48.5 Å². The quantitative estimate of drug-likeness (QED) is 0.158. The van der Waals surface area contributed by atoms with Gasteiger partial charge in [-0.3, -0.25) is 24.0 Å². The maximum atomic E-state index is 15.2. The van der Waals surface area contributed by atoms with Crippen LogP contribution >= 0.6 is 46.4 Å². The fourth-order valence-electron chi connectivity index (χ4n) is 7.21. The standard InChI is InChI=1S/C35H38Cl4F6N10O/c36-21-1-5-23(6-2-21)50-9-13-52(14-10-50)27(19-54-25(17-46)29(38)32(48-54)34(40,41)42)31(56)28(20-55-26(18-47)30(39)33(49-55)35(43,44)45)53-15-11-51(12-16-53)24-7-3-22(37)4-8-24/h1-8,27-28H,9-20,46-47H2. The lowest BCUT2D eigenvalue weighted by atomic mass is 9.99. The van der Waals surface area contributed by atoms with Gasteiger partial charge in [-0.2, -0.15) is 36.5 Å². The van der Waals surface area contributed by atoms with Gasteiger partial charge in [0, 0.05) is 86.9 Å². The van der Waals surface area contributed by atoms with Gasteiger partial charge < -0.3 is 21.3 Å². The first-order chi connectivity index (χ1) is 26.5. The van der Waals surface area contributed by atoms with Gasteiger partial charge in [-0.15, -0.1) is 0 Å². The molecule has 2 fully saturated rings. The maximum absolute atomic E-state index is 15.2. The topological polar surface area (TPSA) is 118 Å². The van der Waals surface area contributed by atoms with Crippen molar-refractivity contribution in [1.82, 2.24) is 29.4 Å². The van der Waals surface area contributed by atoms with E-state index in [1.165, 1.54) is 0 Å². The number of ketones is 1. The Labute approximate surface area is 338 Å². The van der Waals surface area contributed by atoms with Crippen molar-refractivity contribution in [2.75, 3.05) is 62.2 Å². The van der Waals surface area contributed by atoms with Crippen LogP contribution in [0.4, 0.5) is 37.7 Å². The average molecular weight is 871 g/mol. The summed E-state index contributed by atoms with van der Waals surface area (Å²) in [6.45, 7) is 1.39. The second-order valence-electron chi connectivity index (χ2n) is 13.4. The second kappa shape index (κ2) is 17.3. The van der Waals surface area contributed by atoms with E-state index in [1.54, 1.807) is 24.3 Å². The third-order valence-corrected chi connectivity index (χ3v) is 11.5. The first kappa shape index (κ1) is 42.3. The molecule has 0 saturated carbocycles. The summed E-state index contributed by atoms with van der Waals surface area (Å²) >= 11 is 24.5. The highest BCUT2D eigenvalue weighted by Crippen LogP contribution is 2.37. The lowest BCUT2D eigenvalue weighted by Gasteiger charge is -2.43. The Bertz CT molecular complexity index is 1830. The molecule has 21 heteroatoms. The van der Waals surface area contributed by atoms with E-state index in [9.17, 15) is 26.3 Å². The minimum atomic E-state index is -4.91. The maximum Gasteiger partial charge on any atom is 0.436 e. The van der Waals surface area contributed by atoms with Crippen LogP contribution < -0.4 is 21.3 Å². The van der Waals surface area contributed by atoms with E-state index >= 15 is 4.79 Å². The van der Waals surface area contributed by atoms with Crippen molar-refractivity contribution in [1.29, 1.82) is 0 Å². The minimum absolute atomic E-state index is 0.121. The number of halogens is 10. The number of alkyl halides is 6. The lowest BCUT2D eigenvalue weighted by Crippen LogP contribution is -2.61. The number of hydrogen-bond donors (Lipinski definition) is 2. The molecule has 0 amide bonds. The van der Waals surface area contributed by atoms with Gasteiger partial charge in [0.1, 0.15) is 0 Å². The highest BCUT2D eigenvalue weighted by Gasteiger charge is 2.43. The molecule has 2 aliphatic rings. The number of Topliss-reactive ketones (excluding diaryl/α,β-unsaturated/α-hetero) is 1. The number of anilines is 2. The zero-order valence-electron chi connectivity index (χ0n) is 29.7. The van der Waals surface area contributed by atoms with Crippen LogP contribution in [-0.4, -0.2) is 99.6 Å². The summed E-state index contributed by atoms with van der Waals surface area (Å²) in [7, 11) is 0. The summed E-state index contributed by atoms with van der Waals surface area (Å²) in [4.78, 5) is 23.1. The number of rotatable bonds is 12. The molecule has 2 unspecified atom stereocenters. The fraction of sp³-hybridized carbons (Fsp3) is 0.457. The third-order valence-electron chi connectivity index (χ3n) is 10.2. The van der Waals surface area contributed by atoms with E-state index in [0.717, 1.165) is 20.7 Å². The fourth-order valence-corrected chi connectivity index (χ4v) is 8.10. The Hall–Kier alpha value is -3.29. The van der Waals surface area contributed by atoms with Crippen LogP contribution in [0.5, 0.6) is 0 Å². The van der Waals surface area contributed by atoms with E-state index in [2.05, 4.69) is 20.0 Å². The van der Waals surface area contributed by atoms with Gasteiger partial charge >= 0.3 is 12.4 Å². The van der Waals surface area contributed by atoms with Gasteiger partial charge in [0.2, 0.25) is 0 Å². The number of benzene rings is 2. The molecule has 0 radical (unpaired) electrons. The predicted molar refractivity (Wildman–Crippen MR) is 203 cm³/mol. The van der Waals surface area contributed by atoms with Crippen molar-refractivity contribution in [3.63, 3.8) is 0 Å². The number of carbonyl (C=O) groups excluding carboxylic acids is 1. The van der Waals surface area contributed by atoms with Crippen molar-refractivity contribution in [2.24, 2.45) is 11.5 Å². The van der Waals surface area contributed by atoms with Crippen LogP contribution in [0.1, 0.15) is 22.8 Å². The number of nitrogens with two attached hydrogens (primary N) is 2. The van der Waals surface area contributed by atoms with Crippen molar-refractivity contribution < 1.29 is 31.1 Å². The van der Waals surface area contributed by atoms with Crippen molar-refractivity contribution in [2.45, 2.75) is 50.6 Å². The molecular formula is C35H38Cl4F6N10O. The summed E-state index contributed by atoms with van der Waals surface area (Å²) < 4.78 is 86.1. The average Bonchev–Trinajstić information content (AvgIpc) is 3.68. The summed E-state index contributed by atoms with van der Waals surface area (Å²) in [6, 6.07) is 12.2. The van der Waals surface area contributed by atoms with Crippen LogP contribution in [-0.2, 0) is 43.3 Å². The SMILES string of the molecule is NCc1c(Cl)c(C(F)(F)F)nn1CC(C(=O)C(Cn1nc(C(F)(F)F)c(Cl)c1CN)N1CCN(c2ccc(Cl)cc2)CC1)N1CCN(c2ccc(Cl)cc2)CC1. The summed E-state index contributed by atoms with van der Waals surface area (Å²) in [6.07, 6.45) is -9.81. The summed E-state index contributed by atoms with van der Waals surface area (Å²) in [5, 5.41) is 7.34. The molecule has 56 heavy (non-hydrogen) atoms. The summed E-state index contributed by atoms with van der Waals surface area (Å²) in [5.41, 5.74) is 10.6. The molecule has 2 saturated heterocycles. The van der Waals surface area contributed by atoms with Crippen LogP contribution in [0.3, 0.4) is 0 Å². The first-order valence-electron chi connectivity index (χ1n) is 17.6. The molecule has 0 spiro atoms. The molecule has 6 rings (SSSR count). The van der Waals surface area contributed by atoms with Gasteiger partial charge in [0.25, 0.3) is 0 Å². The number of piperazine rings is 2. The number of hydrogen-bond acceptors (Lipinski definition) is 9. The van der Waals surface area contributed by atoms with Crippen molar-refractivity contribution in [3.05, 3.63) is 91.4 Å². The Morgan fingerprint density at radius 2 is 0.911 bits per heavy atom. The molecule has 4 aromatic rings. The molecule has 2 aromatic heterocycles. The van der Waals surface area contributed by atoms with Gasteiger partial charge in [-0.1, -0.05) is 46.4 Å². The molecular weight excluding hydrogens is 832 g/mol. The van der Waals surface area contributed by atoms with Gasteiger partial charge in [0.05, 0.1) is 46.6 Å². The molecule has 4 N–H and O–H groups in total. The highest BCUT2D eigenvalue weighted by molar-refractivity contribution is 6.32. The summed E-state index contributed by atoms with van der Waals surface area (Å²) in [5.74, 6) is -0.476. The Morgan fingerprint density at radius 3 is 1.20 bits per heavy atom. The predicted octanol–water partition coefficient (Wildman–Crippen LogP) is 6.30. The zero-order chi connectivity index (χ0) is 40.5. The van der Waals surface area contributed by atoms with Crippen LogP contribution in [0.2, 0.25) is 20.1 Å².